The van der Waals surface area contributed by atoms with Gasteiger partial charge in [-0.05, 0) is 28.9 Å². The minimum Gasteiger partial charge on any atom is -0.506 e. The van der Waals surface area contributed by atoms with Gasteiger partial charge in [0, 0.05) is 12.0 Å². The van der Waals surface area contributed by atoms with Crippen LogP contribution in [0.1, 0.15) is 19.8 Å². The normalized spacial score (nSPS) is 10.9. The third-order valence-corrected chi connectivity index (χ3v) is 8.89. The van der Waals surface area contributed by atoms with Crippen LogP contribution in [0.5, 0.6) is 0 Å². The number of ether oxygens (including phenoxy) is 1. The van der Waals surface area contributed by atoms with Crippen molar-refractivity contribution in [1.82, 2.24) is 0 Å². The van der Waals surface area contributed by atoms with E-state index in [-0.39, 0.29) is 19.0 Å². The highest BCUT2D eigenvalue weighted by Gasteiger charge is 2.45. The second kappa shape index (κ2) is 10.5. The average Bonchev–Trinajstić information content (AvgIpc) is 2.82. The summed E-state index contributed by atoms with van der Waals surface area (Å²) in [6.45, 7) is 5.30. The van der Waals surface area contributed by atoms with Crippen molar-refractivity contribution in [1.29, 1.82) is 0 Å². The molecular weight excluding hydrogens is 404 g/mol. The lowest BCUT2D eigenvalue weighted by Crippen LogP contribution is -2.70. The first kappa shape index (κ1) is 22.2. The minimum absolute atomic E-state index is 0.150. The predicted molar refractivity (Wildman–Crippen MR) is 125 cm³/mol. The van der Waals surface area contributed by atoms with Gasteiger partial charge < -0.3 is 9.16 Å². The van der Waals surface area contributed by atoms with Gasteiger partial charge in [0.25, 0.3) is 5.97 Å². The monoisotopic (exact) mass is 430 g/mol. The molecule has 0 atom stereocenters. The highest BCUT2D eigenvalue weighted by atomic mass is 28.4. The third kappa shape index (κ3) is 5.38. The molecule has 4 nitrogen and oxygen atoms in total. The SMILES string of the molecule is C=C(C)C(=O)OCCCC(=O)O[Si](c1ccccc1)(c1ccccc1)c1ccccc1. The van der Waals surface area contributed by atoms with Crippen LogP contribution < -0.4 is 15.6 Å². The van der Waals surface area contributed by atoms with Crippen LogP contribution in [0.15, 0.2) is 103 Å². The van der Waals surface area contributed by atoms with E-state index in [1.54, 1.807) is 6.92 Å². The van der Waals surface area contributed by atoms with Crippen molar-refractivity contribution >= 4 is 35.8 Å². The van der Waals surface area contributed by atoms with Crippen molar-refractivity contribution in [3.63, 3.8) is 0 Å². The quantitative estimate of drug-likeness (QED) is 0.172. The molecule has 0 saturated heterocycles. The molecule has 158 valence electrons. The van der Waals surface area contributed by atoms with E-state index < -0.39 is 14.3 Å². The zero-order valence-electron chi connectivity index (χ0n) is 17.6. The van der Waals surface area contributed by atoms with Gasteiger partial charge in [-0.15, -0.1) is 0 Å². The van der Waals surface area contributed by atoms with Crippen LogP contribution >= 0.6 is 0 Å². The molecule has 3 aromatic rings. The van der Waals surface area contributed by atoms with Crippen LogP contribution in [-0.4, -0.2) is 26.9 Å². The average molecular weight is 431 g/mol. The van der Waals surface area contributed by atoms with Gasteiger partial charge in [0.05, 0.1) is 6.61 Å². The summed E-state index contributed by atoms with van der Waals surface area (Å²) < 4.78 is 11.5. The Hall–Kier alpha value is -3.44. The van der Waals surface area contributed by atoms with Gasteiger partial charge in [0.15, 0.2) is 0 Å². The van der Waals surface area contributed by atoms with E-state index in [9.17, 15) is 9.59 Å². The second-order valence-electron chi connectivity index (χ2n) is 7.27. The Balaban J connectivity index is 1.92. The summed E-state index contributed by atoms with van der Waals surface area (Å²) in [5, 5.41) is 2.98. The zero-order valence-corrected chi connectivity index (χ0v) is 18.6. The van der Waals surface area contributed by atoms with Gasteiger partial charge in [-0.25, -0.2) is 4.79 Å². The second-order valence-corrected chi connectivity index (χ2v) is 10.6. The number of esters is 1. The third-order valence-electron chi connectivity index (χ3n) is 4.91. The van der Waals surface area contributed by atoms with E-state index in [2.05, 4.69) is 6.58 Å². The molecule has 0 aliphatic rings. The summed E-state index contributed by atoms with van der Waals surface area (Å²) >= 11 is 0. The molecule has 0 aliphatic heterocycles. The highest BCUT2D eigenvalue weighted by molar-refractivity contribution is 7.07. The Morgan fingerprint density at radius 2 is 1.19 bits per heavy atom. The summed E-state index contributed by atoms with van der Waals surface area (Å²) in [4.78, 5) is 24.6. The van der Waals surface area contributed by atoms with Crippen molar-refractivity contribution in [2.75, 3.05) is 6.61 Å². The first-order chi connectivity index (χ1) is 15.0. The summed E-state index contributed by atoms with van der Waals surface area (Å²) in [7, 11) is -3.06. The first-order valence-corrected chi connectivity index (χ1v) is 12.2. The highest BCUT2D eigenvalue weighted by Crippen LogP contribution is 2.12. The standard InChI is InChI=1S/C26H26O4Si/c1-21(2)26(28)29-20-12-19-25(27)30-31(22-13-6-3-7-14-22,23-15-8-4-9-16-23)24-17-10-5-11-18-24/h3-11,13-18H,1,12,19-20H2,2H3. The van der Waals surface area contributed by atoms with Crippen molar-refractivity contribution in [2.45, 2.75) is 19.8 Å². The smallest absolute Gasteiger partial charge is 0.350 e. The molecule has 0 heterocycles. The number of rotatable bonds is 9. The van der Waals surface area contributed by atoms with Crippen LogP contribution in [0.3, 0.4) is 0 Å². The van der Waals surface area contributed by atoms with E-state index in [4.69, 9.17) is 9.16 Å². The molecule has 0 N–H and O–H groups in total. The van der Waals surface area contributed by atoms with Crippen molar-refractivity contribution < 1.29 is 18.8 Å². The Kier molecular flexibility index (Phi) is 7.57. The molecule has 0 spiro atoms. The van der Waals surface area contributed by atoms with E-state index in [0.717, 1.165) is 15.6 Å². The van der Waals surface area contributed by atoms with Gasteiger partial charge in [-0.1, -0.05) is 97.6 Å². The maximum atomic E-state index is 13.0. The molecule has 5 heteroatoms. The molecule has 0 saturated carbocycles. The number of hydrogen-bond donors (Lipinski definition) is 0. The molecule has 0 amide bonds. The lowest BCUT2D eigenvalue weighted by Gasteiger charge is -2.32. The molecule has 3 rings (SSSR count). The van der Waals surface area contributed by atoms with Crippen LogP contribution in [0.25, 0.3) is 0 Å². The summed E-state index contributed by atoms with van der Waals surface area (Å²) in [6.07, 6.45) is 0.547. The molecule has 0 aromatic heterocycles. The lowest BCUT2D eigenvalue weighted by molar-refractivity contribution is -0.141. The molecule has 0 unspecified atom stereocenters. The van der Waals surface area contributed by atoms with E-state index in [1.807, 2.05) is 91.0 Å². The largest absolute Gasteiger partial charge is 0.506 e. The maximum Gasteiger partial charge on any atom is 0.350 e. The van der Waals surface area contributed by atoms with Gasteiger partial charge in [-0.2, -0.15) is 0 Å². The van der Waals surface area contributed by atoms with Crippen LogP contribution in [0.4, 0.5) is 0 Å². The van der Waals surface area contributed by atoms with E-state index in [0.29, 0.717) is 12.0 Å². The van der Waals surface area contributed by atoms with Gasteiger partial charge in [-0.3, -0.25) is 4.79 Å². The number of hydrogen-bond acceptors (Lipinski definition) is 4. The molecule has 0 bridgehead atoms. The van der Waals surface area contributed by atoms with Crippen molar-refractivity contribution in [2.24, 2.45) is 0 Å². The number of carbonyl (C=O) groups is 2. The molecule has 0 aliphatic carbocycles. The fourth-order valence-corrected chi connectivity index (χ4v) is 7.20. The molecule has 0 fully saturated rings. The maximum absolute atomic E-state index is 13.0. The Bertz CT molecular complexity index is 920. The first-order valence-electron chi connectivity index (χ1n) is 10.2. The molecule has 3 aromatic carbocycles. The summed E-state index contributed by atoms with van der Waals surface area (Å²) in [5.41, 5.74) is 0.339. The summed E-state index contributed by atoms with van der Waals surface area (Å²) in [6, 6.07) is 29.8. The van der Waals surface area contributed by atoms with Crippen LogP contribution in [0, 0.1) is 0 Å². The lowest BCUT2D eigenvalue weighted by atomic mass is 10.3. The fourth-order valence-electron chi connectivity index (χ4n) is 3.42. The van der Waals surface area contributed by atoms with Gasteiger partial charge in [0.2, 0.25) is 0 Å². The minimum atomic E-state index is -3.06. The molecular formula is C26H26O4Si. The Morgan fingerprint density at radius 1 is 0.774 bits per heavy atom. The fraction of sp³-hybridized carbons (Fsp3) is 0.154. The Morgan fingerprint density at radius 3 is 1.58 bits per heavy atom. The van der Waals surface area contributed by atoms with Gasteiger partial charge >= 0.3 is 14.3 Å². The number of benzene rings is 3. The van der Waals surface area contributed by atoms with Crippen molar-refractivity contribution in [3.05, 3.63) is 103 Å². The van der Waals surface area contributed by atoms with Crippen molar-refractivity contribution in [3.8, 4) is 0 Å². The molecule has 0 radical (unpaired) electrons. The van der Waals surface area contributed by atoms with Crippen LogP contribution in [-0.2, 0) is 18.8 Å². The van der Waals surface area contributed by atoms with E-state index in [1.165, 1.54) is 0 Å². The Labute approximate surface area is 184 Å². The van der Waals surface area contributed by atoms with Gasteiger partial charge in [0.1, 0.15) is 0 Å². The zero-order chi connectivity index (χ0) is 22.1. The van der Waals surface area contributed by atoms with Crippen LogP contribution in [0.2, 0.25) is 0 Å². The topological polar surface area (TPSA) is 52.6 Å². The predicted octanol–water partition coefficient (Wildman–Crippen LogP) is 3.10. The number of carbonyl (C=O) groups excluding carboxylic acids is 2. The molecule has 31 heavy (non-hydrogen) atoms. The summed E-state index contributed by atoms with van der Waals surface area (Å²) in [5.74, 6) is -0.760. The van der Waals surface area contributed by atoms with E-state index >= 15 is 0 Å².